The lowest BCUT2D eigenvalue weighted by Gasteiger charge is -2.34. The molecule has 5 rings (SSSR count). The van der Waals surface area contributed by atoms with Crippen molar-refractivity contribution in [3.05, 3.63) is 70.9 Å². The van der Waals surface area contributed by atoms with Gasteiger partial charge in [-0.2, -0.15) is 5.10 Å². The average Bonchev–Trinajstić information content (AvgIpc) is 3.29. The van der Waals surface area contributed by atoms with Gasteiger partial charge in [0.2, 0.25) is 0 Å². The van der Waals surface area contributed by atoms with Crippen molar-refractivity contribution in [2.24, 2.45) is 7.05 Å². The van der Waals surface area contributed by atoms with Crippen molar-refractivity contribution in [3.8, 4) is 0 Å². The van der Waals surface area contributed by atoms with Crippen LogP contribution in [0.4, 0.5) is 5.82 Å². The first kappa shape index (κ1) is 21.6. The second-order valence-electron chi connectivity index (χ2n) is 9.29. The third kappa shape index (κ3) is 4.63. The van der Waals surface area contributed by atoms with Gasteiger partial charge in [0, 0.05) is 56.6 Å². The van der Waals surface area contributed by atoms with Crippen LogP contribution in [0.15, 0.2) is 42.7 Å². The number of fused-ring (bicyclic) bond motifs is 1. The van der Waals surface area contributed by atoms with Crippen molar-refractivity contribution in [2.75, 3.05) is 31.1 Å². The number of hydrogen-bond donors (Lipinski definition) is 0. The Labute approximate surface area is 195 Å². The second kappa shape index (κ2) is 9.33. The van der Waals surface area contributed by atoms with Crippen molar-refractivity contribution >= 4 is 11.7 Å². The maximum atomic E-state index is 13.0. The Morgan fingerprint density at radius 2 is 1.97 bits per heavy atom. The Morgan fingerprint density at radius 1 is 1.12 bits per heavy atom. The van der Waals surface area contributed by atoms with E-state index in [1.807, 2.05) is 11.9 Å². The highest BCUT2D eigenvalue weighted by molar-refractivity contribution is 5.93. The summed E-state index contributed by atoms with van der Waals surface area (Å²) in [6.07, 6.45) is 8.61. The van der Waals surface area contributed by atoms with Gasteiger partial charge in [-0.05, 0) is 44.6 Å². The van der Waals surface area contributed by atoms with Gasteiger partial charge in [0.05, 0.1) is 11.8 Å². The van der Waals surface area contributed by atoms with E-state index >= 15 is 0 Å². The molecule has 1 amide bonds. The second-order valence-corrected chi connectivity index (χ2v) is 9.29. The Kier molecular flexibility index (Phi) is 6.11. The first-order chi connectivity index (χ1) is 16.1. The molecule has 0 radical (unpaired) electrons. The molecule has 0 bridgehead atoms. The summed E-state index contributed by atoms with van der Waals surface area (Å²) in [4.78, 5) is 27.4. The van der Waals surface area contributed by atoms with E-state index < -0.39 is 0 Å². The highest BCUT2D eigenvalue weighted by atomic mass is 16.2. The maximum absolute atomic E-state index is 13.0. The number of anilines is 1. The molecule has 2 aliphatic rings. The van der Waals surface area contributed by atoms with E-state index in [0.717, 1.165) is 69.1 Å². The SMILES string of the molecule is Cc1nc([C@H]2CCCN(C(=O)c3cnn(C)c3)C2)nc2c1CCCN2CCc1ccccc1. The van der Waals surface area contributed by atoms with Crippen molar-refractivity contribution in [3.63, 3.8) is 0 Å². The van der Waals surface area contributed by atoms with Crippen LogP contribution < -0.4 is 4.90 Å². The van der Waals surface area contributed by atoms with Crippen LogP contribution in [0, 0.1) is 6.92 Å². The van der Waals surface area contributed by atoms with Gasteiger partial charge < -0.3 is 9.80 Å². The minimum absolute atomic E-state index is 0.0481. The summed E-state index contributed by atoms with van der Waals surface area (Å²) in [6.45, 7) is 5.55. The predicted molar refractivity (Wildman–Crippen MR) is 129 cm³/mol. The van der Waals surface area contributed by atoms with E-state index in [1.54, 1.807) is 17.1 Å². The molecule has 1 saturated heterocycles. The molecular formula is C26H32N6O. The Bertz CT molecular complexity index is 1130. The summed E-state index contributed by atoms with van der Waals surface area (Å²) in [5, 5.41) is 4.16. The number of likely N-dealkylation sites (tertiary alicyclic amines) is 1. The molecule has 33 heavy (non-hydrogen) atoms. The number of piperidine rings is 1. The number of aryl methyl sites for hydroxylation is 2. The first-order valence-electron chi connectivity index (χ1n) is 12.0. The molecular weight excluding hydrogens is 412 g/mol. The fourth-order valence-electron chi connectivity index (χ4n) is 5.10. The molecule has 3 aromatic rings. The highest BCUT2D eigenvalue weighted by Gasteiger charge is 2.30. The van der Waals surface area contributed by atoms with E-state index in [0.29, 0.717) is 12.1 Å². The molecule has 2 aromatic heterocycles. The molecule has 0 N–H and O–H groups in total. The van der Waals surface area contributed by atoms with Crippen LogP contribution in [-0.4, -0.2) is 56.7 Å². The van der Waals surface area contributed by atoms with Crippen molar-refractivity contribution in [2.45, 2.75) is 44.9 Å². The third-order valence-corrected chi connectivity index (χ3v) is 6.90. The molecule has 0 saturated carbocycles. The lowest BCUT2D eigenvalue weighted by atomic mass is 9.95. The van der Waals surface area contributed by atoms with Crippen LogP contribution in [-0.2, 0) is 19.9 Å². The van der Waals surface area contributed by atoms with Gasteiger partial charge in [0.1, 0.15) is 11.6 Å². The van der Waals surface area contributed by atoms with Crippen molar-refractivity contribution in [1.82, 2.24) is 24.6 Å². The fraction of sp³-hybridized carbons (Fsp3) is 0.462. The minimum atomic E-state index is 0.0481. The largest absolute Gasteiger partial charge is 0.356 e. The normalized spacial score (nSPS) is 18.3. The van der Waals surface area contributed by atoms with Crippen LogP contribution in [0.3, 0.4) is 0 Å². The molecule has 7 heteroatoms. The summed E-state index contributed by atoms with van der Waals surface area (Å²) in [7, 11) is 1.84. The Hall–Kier alpha value is -3.22. The number of carbonyl (C=O) groups excluding carboxylic acids is 1. The molecule has 0 aliphatic carbocycles. The van der Waals surface area contributed by atoms with Crippen LogP contribution in [0.2, 0.25) is 0 Å². The summed E-state index contributed by atoms with van der Waals surface area (Å²) >= 11 is 0. The molecule has 1 fully saturated rings. The number of hydrogen-bond acceptors (Lipinski definition) is 5. The minimum Gasteiger partial charge on any atom is -0.356 e. The smallest absolute Gasteiger partial charge is 0.257 e. The van der Waals surface area contributed by atoms with Gasteiger partial charge in [0.15, 0.2) is 0 Å². The van der Waals surface area contributed by atoms with E-state index in [9.17, 15) is 4.79 Å². The van der Waals surface area contributed by atoms with Crippen LogP contribution in [0.1, 0.15) is 58.2 Å². The number of aromatic nitrogens is 4. The lowest BCUT2D eigenvalue weighted by Crippen LogP contribution is -2.40. The average molecular weight is 445 g/mol. The standard InChI is InChI=1S/C26H32N6O/c1-19-23-11-7-13-31(15-12-20-8-4-3-5-9-20)25(23)29-24(28-19)21-10-6-14-32(18-21)26(33)22-16-27-30(2)17-22/h3-5,8-9,16-17,21H,6-7,10-15,18H2,1-2H3/t21-/m0/s1. The molecule has 0 spiro atoms. The van der Waals surface area contributed by atoms with E-state index in [4.69, 9.17) is 9.97 Å². The first-order valence-corrected chi connectivity index (χ1v) is 12.0. The Balaban J connectivity index is 1.35. The number of rotatable bonds is 5. The molecule has 1 aromatic carbocycles. The van der Waals surface area contributed by atoms with E-state index in [1.165, 1.54) is 11.1 Å². The molecule has 172 valence electrons. The number of benzene rings is 1. The zero-order valence-electron chi connectivity index (χ0n) is 19.6. The van der Waals surface area contributed by atoms with Gasteiger partial charge in [-0.3, -0.25) is 9.48 Å². The Morgan fingerprint density at radius 3 is 2.76 bits per heavy atom. The number of amides is 1. The van der Waals surface area contributed by atoms with Crippen LogP contribution >= 0.6 is 0 Å². The van der Waals surface area contributed by atoms with Gasteiger partial charge in [-0.15, -0.1) is 0 Å². The lowest BCUT2D eigenvalue weighted by molar-refractivity contribution is 0.0704. The third-order valence-electron chi connectivity index (χ3n) is 6.90. The van der Waals surface area contributed by atoms with Gasteiger partial charge in [-0.1, -0.05) is 30.3 Å². The molecule has 2 aliphatic heterocycles. The summed E-state index contributed by atoms with van der Waals surface area (Å²) in [6, 6.07) is 10.7. The number of nitrogens with zero attached hydrogens (tertiary/aromatic N) is 6. The van der Waals surface area contributed by atoms with E-state index in [2.05, 4.69) is 47.3 Å². The summed E-state index contributed by atoms with van der Waals surface area (Å²) in [5.74, 6) is 2.21. The van der Waals surface area contributed by atoms with Crippen molar-refractivity contribution < 1.29 is 4.79 Å². The number of carbonyl (C=O) groups is 1. The zero-order chi connectivity index (χ0) is 22.8. The fourth-order valence-corrected chi connectivity index (χ4v) is 5.10. The van der Waals surface area contributed by atoms with Crippen LogP contribution in [0.5, 0.6) is 0 Å². The van der Waals surface area contributed by atoms with Gasteiger partial charge in [-0.25, -0.2) is 9.97 Å². The van der Waals surface area contributed by atoms with Gasteiger partial charge in [0.25, 0.3) is 5.91 Å². The molecule has 4 heterocycles. The topological polar surface area (TPSA) is 67.2 Å². The zero-order valence-corrected chi connectivity index (χ0v) is 19.6. The summed E-state index contributed by atoms with van der Waals surface area (Å²) < 4.78 is 1.68. The van der Waals surface area contributed by atoms with Gasteiger partial charge >= 0.3 is 0 Å². The quantitative estimate of drug-likeness (QED) is 0.602. The monoisotopic (exact) mass is 444 g/mol. The summed E-state index contributed by atoms with van der Waals surface area (Å²) in [5.41, 5.74) is 4.38. The molecule has 0 unspecified atom stereocenters. The van der Waals surface area contributed by atoms with Crippen LogP contribution in [0.25, 0.3) is 0 Å². The predicted octanol–water partition coefficient (Wildman–Crippen LogP) is 3.53. The van der Waals surface area contributed by atoms with Crippen molar-refractivity contribution in [1.29, 1.82) is 0 Å². The highest BCUT2D eigenvalue weighted by Crippen LogP contribution is 2.32. The molecule has 7 nitrogen and oxygen atoms in total. The maximum Gasteiger partial charge on any atom is 0.257 e. The molecule has 1 atom stereocenters. The van der Waals surface area contributed by atoms with E-state index in [-0.39, 0.29) is 11.8 Å².